The van der Waals surface area contributed by atoms with Crippen molar-refractivity contribution in [3.05, 3.63) is 0 Å². The molecule has 6 heteroatoms. The van der Waals surface area contributed by atoms with Crippen LogP contribution in [0.25, 0.3) is 0 Å². The van der Waals surface area contributed by atoms with Gasteiger partial charge in [-0.3, -0.25) is 0 Å². The maximum atomic E-state index is 11.5. The summed E-state index contributed by atoms with van der Waals surface area (Å²) in [7, 11) is 0. The average molecular weight is 431 g/mol. The van der Waals surface area contributed by atoms with Crippen LogP contribution < -0.4 is 34.7 Å². The Hall–Kier alpha value is 0.350. The number of hydrogen-bond donors (Lipinski definition) is 3. The summed E-state index contributed by atoms with van der Waals surface area (Å²) >= 11 is 0. The summed E-state index contributed by atoms with van der Waals surface area (Å²) in [5.74, 6) is 0.635. The van der Waals surface area contributed by atoms with E-state index in [1.54, 1.807) is 0 Å². The van der Waals surface area contributed by atoms with Crippen LogP contribution in [0.2, 0.25) is 0 Å². The van der Waals surface area contributed by atoms with Crippen molar-refractivity contribution in [3.8, 4) is 0 Å². The van der Waals surface area contributed by atoms with E-state index in [2.05, 4.69) is 20.8 Å². The average Bonchev–Trinajstić information content (AvgIpc) is 3.01. The molecule has 3 N–H and O–H groups in total. The Kier molecular flexibility index (Phi) is 7.45. The largest absolute Gasteiger partial charge is 1.00 e. The molecule has 4 saturated carbocycles. The van der Waals surface area contributed by atoms with Crippen LogP contribution in [0.1, 0.15) is 78.6 Å². The molecule has 0 bridgehead atoms. The van der Waals surface area contributed by atoms with E-state index in [0.717, 1.165) is 44.9 Å². The Morgan fingerprint density at radius 3 is 2.43 bits per heavy atom. The molecule has 30 heavy (non-hydrogen) atoms. The number of aliphatic hydroxyl groups is 3. The van der Waals surface area contributed by atoms with E-state index in [-0.39, 0.29) is 82.7 Å². The molecule has 0 spiro atoms. The minimum atomic E-state index is -0.998. The molecule has 4 rings (SSSR count). The quantitative estimate of drug-likeness (QED) is 0.503. The molecule has 0 amide bonds. The predicted molar refractivity (Wildman–Crippen MR) is 107 cm³/mol. The summed E-state index contributed by atoms with van der Waals surface area (Å²) in [6, 6.07) is 0. The van der Waals surface area contributed by atoms with Gasteiger partial charge in [-0.25, -0.2) is 0 Å². The van der Waals surface area contributed by atoms with Gasteiger partial charge in [0.15, 0.2) is 0 Å². The van der Waals surface area contributed by atoms with Gasteiger partial charge in [0.1, 0.15) is 0 Å². The molecular weight excluding hydrogens is 391 g/mol. The molecule has 4 aliphatic carbocycles. The van der Waals surface area contributed by atoms with Gasteiger partial charge in [0.2, 0.25) is 0 Å². The molecule has 0 heterocycles. The summed E-state index contributed by atoms with van der Waals surface area (Å²) < 4.78 is 0. The van der Waals surface area contributed by atoms with Gasteiger partial charge in [0.05, 0.1) is 18.3 Å². The number of carbonyl (C=O) groups is 1. The molecule has 0 aliphatic heterocycles. The summed E-state index contributed by atoms with van der Waals surface area (Å²) in [5.41, 5.74) is -0.172. The number of aliphatic carboxylic acids is 1. The van der Waals surface area contributed by atoms with Crippen LogP contribution in [0.3, 0.4) is 0 Å². The molecule has 0 aromatic heterocycles. The molecule has 11 atom stereocenters. The van der Waals surface area contributed by atoms with Gasteiger partial charge in [0, 0.05) is 5.97 Å². The van der Waals surface area contributed by atoms with Crippen LogP contribution in [0, 0.1) is 46.3 Å². The van der Waals surface area contributed by atoms with Crippen LogP contribution in [-0.2, 0) is 4.79 Å². The van der Waals surface area contributed by atoms with Crippen LogP contribution in [0.5, 0.6) is 0 Å². The fourth-order valence-electron chi connectivity index (χ4n) is 8.68. The maximum absolute atomic E-state index is 11.5. The Morgan fingerprint density at radius 2 is 1.77 bits per heavy atom. The van der Waals surface area contributed by atoms with Gasteiger partial charge in [-0.15, -0.1) is 0 Å². The van der Waals surface area contributed by atoms with E-state index in [1.165, 1.54) is 0 Å². The summed E-state index contributed by atoms with van der Waals surface area (Å²) in [5, 5.41) is 43.9. The number of hydrogen-bond acceptors (Lipinski definition) is 5. The van der Waals surface area contributed by atoms with E-state index in [0.29, 0.717) is 18.3 Å². The van der Waals surface area contributed by atoms with Crippen LogP contribution >= 0.6 is 0 Å². The van der Waals surface area contributed by atoms with E-state index in [9.17, 15) is 25.2 Å². The van der Waals surface area contributed by atoms with Gasteiger partial charge >= 0.3 is 29.6 Å². The van der Waals surface area contributed by atoms with Gasteiger partial charge in [-0.1, -0.05) is 20.8 Å². The first-order chi connectivity index (χ1) is 13.6. The molecule has 0 aromatic rings. The zero-order chi connectivity index (χ0) is 21.1. The minimum absolute atomic E-state index is 0. The number of carboxylic acid groups (broad SMARTS) is 1. The molecule has 0 saturated heterocycles. The molecule has 0 radical (unpaired) electrons. The Balaban J connectivity index is 0.00000256. The zero-order valence-electron chi connectivity index (χ0n) is 19.2. The third-order valence-electron chi connectivity index (χ3n) is 10.3. The van der Waals surface area contributed by atoms with Crippen LogP contribution in [0.4, 0.5) is 0 Å². The van der Waals surface area contributed by atoms with Crippen molar-refractivity contribution < 1.29 is 54.8 Å². The Labute approximate surface area is 203 Å². The Bertz CT molecular complexity index is 643. The monoisotopic (exact) mass is 430 g/mol. The fraction of sp³-hybridized carbons (Fsp3) is 0.958. The molecule has 0 unspecified atom stereocenters. The number of carbonyl (C=O) groups excluding carboxylic acids is 1. The normalized spacial score (nSPS) is 51.1. The van der Waals surface area contributed by atoms with E-state index >= 15 is 0 Å². The standard InChI is InChI=1S/C24H40O5.Na/c1-13(4-7-21(28)29)16-5-6-17-22-18(12-20(27)24(16,17)3)23(2)9-8-15(25)10-14(23)11-19(22)26;/h13-20,22,25-27H,4-12H2,1-3H3,(H,28,29);/q;+1/p-1/t13-,14+,15+,16-,17+,18+,19-,20+,22+,23+,24-;/m1./s1. The first-order valence-corrected chi connectivity index (χ1v) is 11.8. The molecule has 4 fully saturated rings. The van der Waals surface area contributed by atoms with Crippen LogP contribution in [0.15, 0.2) is 0 Å². The number of aliphatic hydroxyl groups excluding tert-OH is 3. The van der Waals surface area contributed by atoms with Crippen molar-refractivity contribution >= 4 is 5.97 Å². The van der Waals surface area contributed by atoms with Gasteiger partial charge in [-0.05, 0) is 104 Å². The molecule has 4 aliphatic rings. The van der Waals surface area contributed by atoms with Crippen molar-refractivity contribution in [2.24, 2.45) is 46.3 Å². The zero-order valence-corrected chi connectivity index (χ0v) is 21.2. The summed E-state index contributed by atoms with van der Waals surface area (Å²) in [6.45, 7) is 6.67. The number of rotatable bonds is 4. The first kappa shape index (κ1) is 25.0. The summed E-state index contributed by atoms with van der Waals surface area (Å²) in [6.07, 6.45) is 5.72. The van der Waals surface area contributed by atoms with E-state index in [1.807, 2.05) is 0 Å². The second-order valence-corrected chi connectivity index (χ2v) is 11.4. The maximum Gasteiger partial charge on any atom is 1.00 e. The van der Waals surface area contributed by atoms with Crippen molar-refractivity contribution in [1.82, 2.24) is 0 Å². The van der Waals surface area contributed by atoms with Crippen LogP contribution in [-0.4, -0.2) is 39.6 Å². The number of fused-ring (bicyclic) bond motifs is 5. The minimum Gasteiger partial charge on any atom is -0.550 e. The molecule has 0 aromatic carbocycles. The van der Waals surface area contributed by atoms with Gasteiger partial charge in [0.25, 0.3) is 0 Å². The van der Waals surface area contributed by atoms with E-state index < -0.39 is 12.1 Å². The number of carboxylic acids is 1. The van der Waals surface area contributed by atoms with Gasteiger partial charge < -0.3 is 25.2 Å². The first-order valence-electron chi connectivity index (χ1n) is 11.8. The molecule has 166 valence electrons. The van der Waals surface area contributed by atoms with Crippen molar-refractivity contribution in [3.63, 3.8) is 0 Å². The SMILES string of the molecule is C[C@H](CCC(=O)[O-])[C@H]1CC[C@H]2[C@@H]3[C@H](O)C[C@@H]4C[C@@H](O)CC[C@]4(C)[C@H]3C[C@H](O)[C@]12C.[Na+]. The van der Waals surface area contributed by atoms with Gasteiger partial charge in [-0.2, -0.15) is 0 Å². The predicted octanol–water partition coefficient (Wildman–Crippen LogP) is -0.882. The van der Waals surface area contributed by atoms with Crippen molar-refractivity contribution in [2.45, 2.75) is 96.9 Å². The van der Waals surface area contributed by atoms with Crippen molar-refractivity contribution in [1.29, 1.82) is 0 Å². The topological polar surface area (TPSA) is 101 Å². The van der Waals surface area contributed by atoms with E-state index in [4.69, 9.17) is 0 Å². The third-order valence-corrected chi connectivity index (χ3v) is 10.3. The smallest absolute Gasteiger partial charge is 0.550 e. The summed E-state index contributed by atoms with van der Waals surface area (Å²) in [4.78, 5) is 11.0. The molecule has 5 nitrogen and oxygen atoms in total. The second-order valence-electron chi connectivity index (χ2n) is 11.4. The Morgan fingerprint density at radius 1 is 1.07 bits per heavy atom. The molecular formula is C24H39NaO5. The second kappa shape index (κ2) is 8.95. The fourth-order valence-corrected chi connectivity index (χ4v) is 8.68. The third kappa shape index (κ3) is 3.84. The van der Waals surface area contributed by atoms with Crippen molar-refractivity contribution in [2.75, 3.05) is 0 Å².